The van der Waals surface area contributed by atoms with Gasteiger partial charge in [-0.15, -0.1) is 0 Å². The summed E-state index contributed by atoms with van der Waals surface area (Å²) in [5.41, 5.74) is 12.0. The Kier molecular flexibility index (Phi) is 6.04. The molecule has 0 aromatic carbocycles. The van der Waals surface area contributed by atoms with Gasteiger partial charge in [-0.05, 0) is 0 Å². The molecule has 10 nitrogen and oxygen atoms in total. The summed E-state index contributed by atoms with van der Waals surface area (Å²) >= 11 is 0. The van der Waals surface area contributed by atoms with E-state index in [2.05, 4.69) is 22.9 Å². The molecule has 4 amide bonds. The first-order valence-corrected chi connectivity index (χ1v) is 3.24. The number of hydrazine groups is 4. The Hall–Kier alpha value is -2.38. The van der Waals surface area contributed by atoms with Crippen LogP contribution >= 0.6 is 0 Å². The molecule has 0 saturated heterocycles. The zero-order valence-corrected chi connectivity index (χ0v) is 6.97. The molecule has 0 unspecified atom stereocenters. The van der Waals surface area contributed by atoms with Crippen LogP contribution in [0.1, 0.15) is 0 Å². The summed E-state index contributed by atoms with van der Waals surface area (Å²) in [5.74, 6) is 9.45. The SMILES string of the molecule is NNC(=O)NNC#CNNC(=O)NN. The standard InChI is InChI=1S/C4H10N8O2/c5-9-3(13)11-7-1-2-8-12-4(14)10-6/h7-8H,5-6H2,(H2,9,11,13)(H2,10,12,14). The lowest BCUT2D eigenvalue weighted by Crippen LogP contribution is -2.46. The number of hydrogen-bond acceptors (Lipinski definition) is 6. The van der Waals surface area contributed by atoms with E-state index in [1.807, 2.05) is 10.9 Å². The molecule has 0 fully saturated rings. The van der Waals surface area contributed by atoms with E-state index < -0.39 is 12.1 Å². The highest BCUT2D eigenvalue weighted by Gasteiger charge is 1.90. The van der Waals surface area contributed by atoms with Crippen LogP contribution in [0.2, 0.25) is 0 Å². The van der Waals surface area contributed by atoms with Crippen LogP contribution in [-0.4, -0.2) is 12.1 Å². The van der Waals surface area contributed by atoms with Crippen LogP contribution in [0, 0.1) is 12.1 Å². The molecular weight excluding hydrogens is 192 g/mol. The molecule has 78 valence electrons. The first-order chi connectivity index (χ1) is 6.70. The molecule has 0 spiro atoms. The Balaban J connectivity index is 3.45. The molecule has 14 heavy (non-hydrogen) atoms. The monoisotopic (exact) mass is 202 g/mol. The smallest absolute Gasteiger partial charge is 0.275 e. The normalized spacial score (nSPS) is 7.29. The number of nitrogens with one attached hydrogen (secondary N) is 6. The molecule has 0 aliphatic carbocycles. The summed E-state index contributed by atoms with van der Waals surface area (Å²) in [4.78, 5) is 20.8. The van der Waals surface area contributed by atoms with E-state index in [0.29, 0.717) is 0 Å². The quantitative estimate of drug-likeness (QED) is 0.0755. The lowest BCUT2D eigenvalue weighted by atomic mass is 11.0. The first-order valence-electron chi connectivity index (χ1n) is 3.24. The van der Waals surface area contributed by atoms with Gasteiger partial charge in [-0.2, -0.15) is 0 Å². The van der Waals surface area contributed by atoms with Crippen LogP contribution in [0.25, 0.3) is 0 Å². The lowest BCUT2D eigenvalue weighted by Gasteiger charge is -2.00. The summed E-state index contributed by atoms with van der Waals surface area (Å²) in [5, 5.41) is 0. The van der Waals surface area contributed by atoms with Crippen molar-refractivity contribution in [1.82, 2.24) is 32.6 Å². The van der Waals surface area contributed by atoms with E-state index in [1.54, 1.807) is 10.9 Å². The van der Waals surface area contributed by atoms with Crippen molar-refractivity contribution in [2.45, 2.75) is 0 Å². The summed E-state index contributed by atoms with van der Waals surface area (Å²) in [6.07, 6.45) is 0. The third-order valence-electron chi connectivity index (χ3n) is 0.802. The number of nitrogens with two attached hydrogens (primary N) is 2. The number of hydrogen-bond donors (Lipinski definition) is 8. The van der Waals surface area contributed by atoms with Crippen LogP contribution < -0.4 is 44.2 Å². The summed E-state index contributed by atoms with van der Waals surface area (Å²) in [6.45, 7) is 0. The minimum Gasteiger partial charge on any atom is -0.275 e. The maximum absolute atomic E-state index is 10.4. The average Bonchev–Trinajstić information content (AvgIpc) is 2.22. The van der Waals surface area contributed by atoms with Crippen LogP contribution in [0.3, 0.4) is 0 Å². The van der Waals surface area contributed by atoms with Crippen molar-refractivity contribution in [3.8, 4) is 12.1 Å². The topological polar surface area (TPSA) is 158 Å². The molecule has 0 aromatic heterocycles. The lowest BCUT2D eigenvalue weighted by molar-refractivity contribution is 0.238. The molecule has 0 heterocycles. The van der Waals surface area contributed by atoms with E-state index >= 15 is 0 Å². The zero-order chi connectivity index (χ0) is 10.8. The van der Waals surface area contributed by atoms with Gasteiger partial charge in [-0.1, -0.05) is 0 Å². The molecule has 0 aromatic rings. The number of urea groups is 2. The maximum Gasteiger partial charge on any atom is 0.348 e. The predicted octanol–water partition coefficient (Wildman–Crippen LogP) is -3.74. The molecule has 0 radical (unpaired) electrons. The number of rotatable bonds is 2. The zero-order valence-electron chi connectivity index (χ0n) is 6.97. The molecular formula is C4H10N8O2. The molecule has 0 rings (SSSR count). The van der Waals surface area contributed by atoms with Crippen molar-refractivity contribution in [1.29, 1.82) is 0 Å². The van der Waals surface area contributed by atoms with Gasteiger partial charge < -0.3 is 0 Å². The van der Waals surface area contributed by atoms with Crippen molar-refractivity contribution in [3.05, 3.63) is 0 Å². The average molecular weight is 202 g/mol. The van der Waals surface area contributed by atoms with Gasteiger partial charge in [0.1, 0.15) is 0 Å². The summed E-state index contributed by atoms with van der Waals surface area (Å²) < 4.78 is 0. The van der Waals surface area contributed by atoms with E-state index in [9.17, 15) is 9.59 Å². The second kappa shape index (κ2) is 7.28. The third-order valence-corrected chi connectivity index (χ3v) is 0.802. The fourth-order valence-corrected chi connectivity index (χ4v) is 0.311. The number of carbonyl (C=O) groups excluding carboxylic acids is 2. The molecule has 10 heteroatoms. The molecule has 0 aliphatic heterocycles. The van der Waals surface area contributed by atoms with Crippen molar-refractivity contribution in [2.24, 2.45) is 11.7 Å². The van der Waals surface area contributed by atoms with Gasteiger partial charge in [-0.3, -0.25) is 21.7 Å². The summed E-state index contributed by atoms with van der Waals surface area (Å²) in [6, 6.07) is 3.10. The molecule has 10 N–H and O–H groups in total. The van der Waals surface area contributed by atoms with Gasteiger partial charge in [-0.25, -0.2) is 32.1 Å². The molecule has 0 saturated carbocycles. The highest BCUT2D eigenvalue weighted by molar-refractivity contribution is 5.73. The second-order valence-corrected chi connectivity index (χ2v) is 1.70. The molecule has 0 atom stereocenters. The van der Waals surface area contributed by atoms with Gasteiger partial charge in [0.2, 0.25) is 0 Å². The van der Waals surface area contributed by atoms with E-state index in [1.165, 1.54) is 0 Å². The Morgan fingerprint density at radius 2 is 1.21 bits per heavy atom. The van der Waals surface area contributed by atoms with Crippen LogP contribution in [0.15, 0.2) is 0 Å². The highest BCUT2D eigenvalue weighted by Crippen LogP contribution is 1.52. The maximum atomic E-state index is 10.4. The minimum atomic E-state index is -0.660. The highest BCUT2D eigenvalue weighted by atomic mass is 16.2. The molecule has 0 aliphatic rings. The Morgan fingerprint density at radius 1 is 0.857 bits per heavy atom. The second-order valence-electron chi connectivity index (χ2n) is 1.70. The molecule has 0 bridgehead atoms. The first kappa shape index (κ1) is 11.6. The largest absolute Gasteiger partial charge is 0.348 e. The van der Waals surface area contributed by atoms with Crippen molar-refractivity contribution in [2.75, 3.05) is 0 Å². The van der Waals surface area contributed by atoms with Crippen molar-refractivity contribution >= 4 is 12.1 Å². The Bertz CT molecular complexity index is 230. The van der Waals surface area contributed by atoms with Crippen LogP contribution in [0.5, 0.6) is 0 Å². The fraction of sp³-hybridized carbons (Fsp3) is 0. The van der Waals surface area contributed by atoms with Crippen molar-refractivity contribution < 1.29 is 9.59 Å². The van der Waals surface area contributed by atoms with Gasteiger partial charge in [0.15, 0.2) is 0 Å². The van der Waals surface area contributed by atoms with E-state index in [0.717, 1.165) is 0 Å². The predicted molar refractivity (Wildman–Crippen MR) is 45.8 cm³/mol. The third kappa shape index (κ3) is 6.34. The van der Waals surface area contributed by atoms with Crippen LogP contribution in [0.4, 0.5) is 9.59 Å². The minimum absolute atomic E-state index is 0.660. The fourth-order valence-electron chi connectivity index (χ4n) is 0.311. The Morgan fingerprint density at radius 3 is 1.50 bits per heavy atom. The van der Waals surface area contributed by atoms with Gasteiger partial charge in [0, 0.05) is 0 Å². The van der Waals surface area contributed by atoms with E-state index in [4.69, 9.17) is 11.7 Å². The summed E-state index contributed by atoms with van der Waals surface area (Å²) in [7, 11) is 0. The van der Waals surface area contributed by atoms with Gasteiger partial charge >= 0.3 is 12.1 Å². The Labute approximate surface area is 79.0 Å². The van der Waals surface area contributed by atoms with Gasteiger partial charge in [0.05, 0.1) is 12.1 Å². The van der Waals surface area contributed by atoms with E-state index in [-0.39, 0.29) is 0 Å². The van der Waals surface area contributed by atoms with Crippen molar-refractivity contribution in [3.63, 3.8) is 0 Å². The van der Waals surface area contributed by atoms with Gasteiger partial charge in [0.25, 0.3) is 0 Å². The number of amides is 4. The van der Waals surface area contributed by atoms with Crippen LogP contribution in [-0.2, 0) is 0 Å². The number of carbonyl (C=O) groups is 2.